The summed E-state index contributed by atoms with van der Waals surface area (Å²) in [5.41, 5.74) is 2.39. The summed E-state index contributed by atoms with van der Waals surface area (Å²) in [7, 11) is 2.06. The Morgan fingerprint density at radius 2 is 1.91 bits per heavy atom. The van der Waals surface area contributed by atoms with E-state index in [1.165, 1.54) is 17.7 Å². The molecule has 0 aromatic heterocycles. The molecule has 0 saturated carbocycles. The van der Waals surface area contributed by atoms with Crippen LogP contribution in [-0.2, 0) is 0 Å². The van der Waals surface area contributed by atoms with Crippen LogP contribution in [0.3, 0.4) is 0 Å². The number of allylic oxidation sites excluding steroid dienone is 1. The van der Waals surface area contributed by atoms with E-state index in [-0.39, 0.29) is 0 Å². The lowest BCUT2D eigenvalue weighted by molar-refractivity contribution is 0.435. The van der Waals surface area contributed by atoms with Gasteiger partial charge in [0.05, 0.1) is 0 Å². The van der Waals surface area contributed by atoms with Crippen LogP contribution in [0.15, 0.2) is 24.4 Å². The zero-order chi connectivity index (χ0) is 8.85. The maximum Gasteiger partial charge on any atom is 0.0377 e. The average molecular weight is 153 g/mol. The third-order valence-electron chi connectivity index (χ3n) is 1.59. The van der Waals surface area contributed by atoms with Gasteiger partial charge >= 0.3 is 0 Å². The van der Waals surface area contributed by atoms with Crippen molar-refractivity contribution in [3.8, 4) is 0 Å². The molecule has 0 fully saturated rings. The van der Waals surface area contributed by atoms with E-state index in [0.717, 1.165) is 13.0 Å². The average Bonchev–Trinajstić information content (AvgIpc) is 1.86. The Morgan fingerprint density at radius 3 is 2.27 bits per heavy atom. The topological polar surface area (TPSA) is 3.24 Å². The van der Waals surface area contributed by atoms with Crippen LogP contribution >= 0.6 is 0 Å². The molecular formula is C10H19N. The predicted molar refractivity (Wildman–Crippen MR) is 51.5 cm³/mol. The van der Waals surface area contributed by atoms with Gasteiger partial charge in [0.15, 0.2) is 0 Å². The first-order valence-electron chi connectivity index (χ1n) is 4.11. The molecule has 1 nitrogen and oxygen atoms in total. The molecule has 0 aliphatic heterocycles. The summed E-state index contributed by atoms with van der Waals surface area (Å²) in [5.74, 6) is 0. The molecule has 0 radical (unpaired) electrons. The van der Waals surface area contributed by atoms with Crippen LogP contribution < -0.4 is 0 Å². The minimum Gasteiger partial charge on any atom is -0.374 e. The first-order valence-corrected chi connectivity index (χ1v) is 4.11. The van der Waals surface area contributed by atoms with Crippen LogP contribution in [0.1, 0.15) is 26.7 Å². The summed E-state index contributed by atoms with van der Waals surface area (Å²) in [5, 5.41) is 0. The smallest absolute Gasteiger partial charge is 0.0377 e. The van der Waals surface area contributed by atoms with Crippen molar-refractivity contribution in [2.45, 2.75) is 26.7 Å². The molecule has 0 N–H and O–H groups in total. The van der Waals surface area contributed by atoms with E-state index in [1.54, 1.807) is 0 Å². The minimum atomic E-state index is 0.929. The van der Waals surface area contributed by atoms with Gasteiger partial charge in [-0.2, -0.15) is 0 Å². The summed E-state index contributed by atoms with van der Waals surface area (Å²) in [4.78, 5) is 2.16. The lowest BCUT2D eigenvalue weighted by atomic mass is 10.2. The fourth-order valence-electron chi connectivity index (χ4n) is 0.996. The molecule has 0 heterocycles. The fraction of sp³-hybridized carbons (Fsp3) is 0.600. The highest BCUT2D eigenvalue weighted by Gasteiger charge is 1.99. The summed E-state index contributed by atoms with van der Waals surface area (Å²) >= 11 is 0. The lowest BCUT2D eigenvalue weighted by Gasteiger charge is -2.21. The molecule has 0 atom stereocenters. The largest absolute Gasteiger partial charge is 0.374 e. The molecule has 0 rings (SSSR count). The maximum absolute atomic E-state index is 3.98. The Labute approximate surface area is 70.4 Å². The molecule has 11 heavy (non-hydrogen) atoms. The van der Waals surface area contributed by atoms with E-state index in [1.807, 2.05) is 6.92 Å². The Kier molecular flexibility index (Phi) is 4.67. The first-order chi connectivity index (χ1) is 5.07. The zero-order valence-corrected chi connectivity index (χ0v) is 7.98. The Morgan fingerprint density at radius 1 is 1.36 bits per heavy atom. The Hall–Kier alpha value is -0.720. The van der Waals surface area contributed by atoms with Crippen LogP contribution in [0.5, 0.6) is 0 Å². The molecule has 0 aliphatic rings. The summed E-state index contributed by atoms with van der Waals surface area (Å²) in [6, 6.07) is 0. The van der Waals surface area contributed by atoms with Gasteiger partial charge in [-0.25, -0.2) is 0 Å². The normalized spacial score (nSPS) is 9.36. The summed E-state index contributed by atoms with van der Waals surface area (Å²) in [6.45, 7) is 13.0. The number of nitrogens with zero attached hydrogens (tertiary/aromatic N) is 1. The highest BCUT2D eigenvalue weighted by molar-refractivity contribution is 5.00. The van der Waals surface area contributed by atoms with Crippen molar-refractivity contribution < 1.29 is 0 Å². The van der Waals surface area contributed by atoms with E-state index in [2.05, 4.69) is 32.0 Å². The van der Waals surface area contributed by atoms with Crippen molar-refractivity contribution >= 4 is 0 Å². The van der Waals surface area contributed by atoms with Gasteiger partial charge in [0.2, 0.25) is 0 Å². The molecule has 0 aromatic rings. The molecule has 0 amide bonds. The lowest BCUT2D eigenvalue weighted by Crippen LogP contribution is -2.18. The number of likely N-dealkylation sites (N-methyl/N-ethyl adjacent to an activating group) is 1. The van der Waals surface area contributed by atoms with Crippen LogP contribution in [0, 0.1) is 0 Å². The van der Waals surface area contributed by atoms with Crippen molar-refractivity contribution in [1.29, 1.82) is 0 Å². The summed E-state index contributed by atoms with van der Waals surface area (Å²) < 4.78 is 0. The molecule has 0 bridgehead atoms. The molecular weight excluding hydrogens is 134 g/mol. The van der Waals surface area contributed by atoms with Crippen LogP contribution in [0.4, 0.5) is 0 Å². The highest BCUT2D eigenvalue weighted by Crippen LogP contribution is 2.07. The highest BCUT2D eigenvalue weighted by atomic mass is 15.1. The van der Waals surface area contributed by atoms with Crippen LogP contribution in [-0.4, -0.2) is 18.5 Å². The van der Waals surface area contributed by atoms with Crippen molar-refractivity contribution in [2.75, 3.05) is 13.6 Å². The second kappa shape index (κ2) is 5.00. The van der Waals surface area contributed by atoms with E-state index in [9.17, 15) is 0 Å². The van der Waals surface area contributed by atoms with Gasteiger partial charge in [0, 0.05) is 19.3 Å². The predicted octanol–water partition coefficient (Wildman–Crippen LogP) is 2.81. The molecule has 0 spiro atoms. The van der Waals surface area contributed by atoms with E-state index >= 15 is 0 Å². The second-order valence-corrected chi connectivity index (χ2v) is 3.13. The quantitative estimate of drug-likeness (QED) is 0.549. The van der Waals surface area contributed by atoms with Gasteiger partial charge in [-0.15, -0.1) is 0 Å². The standard InChI is InChI=1S/C10H19N/c1-6-7-10(4)11(5)8-9(2)3/h2,4,6-8H2,1,3,5H3. The zero-order valence-electron chi connectivity index (χ0n) is 7.98. The van der Waals surface area contributed by atoms with Gasteiger partial charge in [0.25, 0.3) is 0 Å². The number of rotatable bonds is 5. The first kappa shape index (κ1) is 10.3. The third-order valence-corrected chi connectivity index (χ3v) is 1.59. The molecule has 0 saturated heterocycles. The van der Waals surface area contributed by atoms with Gasteiger partial charge in [-0.1, -0.05) is 32.1 Å². The number of hydrogen-bond acceptors (Lipinski definition) is 1. The molecule has 64 valence electrons. The van der Waals surface area contributed by atoms with E-state index in [0.29, 0.717) is 0 Å². The van der Waals surface area contributed by atoms with Crippen molar-refractivity contribution in [1.82, 2.24) is 4.90 Å². The summed E-state index contributed by atoms with van der Waals surface area (Å²) in [6.07, 6.45) is 2.25. The SMILES string of the molecule is C=C(C)CN(C)C(=C)CCC. The molecule has 1 heteroatoms. The van der Waals surface area contributed by atoms with Crippen molar-refractivity contribution in [2.24, 2.45) is 0 Å². The van der Waals surface area contributed by atoms with Gasteiger partial charge in [-0.05, 0) is 13.3 Å². The van der Waals surface area contributed by atoms with Crippen LogP contribution in [0.25, 0.3) is 0 Å². The second-order valence-electron chi connectivity index (χ2n) is 3.13. The molecule has 0 aliphatic carbocycles. The van der Waals surface area contributed by atoms with E-state index < -0.39 is 0 Å². The Bertz CT molecular complexity index is 147. The molecule has 0 aromatic carbocycles. The van der Waals surface area contributed by atoms with Gasteiger partial charge < -0.3 is 4.90 Å². The van der Waals surface area contributed by atoms with Crippen LogP contribution in [0.2, 0.25) is 0 Å². The monoisotopic (exact) mass is 153 g/mol. The van der Waals surface area contributed by atoms with Gasteiger partial charge in [0.1, 0.15) is 0 Å². The fourth-order valence-corrected chi connectivity index (χ4v) is 0.996. The maximum atomic E-state index is 3.98. The van der Waals surface area contributed by atoms with Gasteiger partial charge in [-0.3, -0.25) is 0 Å². The van der Waals surface area contributed by atoms with Crippen molar-refractivity contribution in [3.63, 3.8) is 0 Å². The van der Waals surface area contributed by atoms with E-state index in [4.69, 9.17) is 0 Å². The Balaban J connectivity index is 3.73. The third kappa shape index (κ3) is 4.65. The number of hydrogen-bond donors (Lipinski definition) is 0. The van der Waals surface area contributed by atoms with Crippen molar-refractivity contribution in [3.05, 3.63) is 24.4 Å². The minimum absolute atomic E-state index is 0.929. The molecule has 0 unspecified atom stereocenters.